The van der Waals surface area contributed by atoms with E-state index in [0.717, 1.165) is 16.9 Å². The molecule has 0 saturated carbocycles. The summed E-state index contributed by atoms with van der Waals surface area (Å²) in [7, 11) is 0. The van der Waals surface area contributed by atoms with Crippen LogP contribution in [0.15, 0.2) is 72.8 Å². The van der Waals surface area contributed by atoms with Gasteiger partial charge in [-0.15, -0.1) is 0 Å². The number of benzene rings is 3. The van der Waals surface area contributed by atoms with Crippen molar-refractivity contribution in [3.63, 3.8) is 0 Å². The van der Waals surface area contributed by atoms with E-state index in [0.29, 0.717) is 24.2 Å². The first kappa shape index (κ1) is 20.1. The van der Waals surface area contributed by atoms with Crippen molar-refractivity contribution in [1.82, 2.24) is 10.6 Å². The molecule has 3 amide bonds. The van der Waals surface area contributed by atoms with Crippen molar-refractivity contribution in [3.8, 4) is 5.75 Å². The highest BCUT2D eigenvalue weighted by Gasteiger charge is 2.49. The fourth-order valence-electron chi connectivity index (χ4n) is 4.49. The molecule has 2 N–H and O–H groups in total. The second-order valence-corrected chi connectivity index (χ2v) is 8.58. The molecule has 2 heterocycles. The van der Waals surface area contributed by atoms with Crippen LogP contribution in [0, 0.1) is 6.92 Å². The Morgan fingerprint density at radius 3 is 2.72 bits per heavy atom. The molecule has 0 aromatic heterocycles. The number of anilines is 1. The molecule has 0 unspecified atom stereocenters. The van der Waals surface area contributed by atoms with Gasteiger partial charge in [-0.3, -0.25) is 9.69 Å². The summed E-state index contributed by atoms with van der Waals surface area (Å²) in [6, 6.07) is 22.6. The van der Waals surface area contributed by atoms with Crippen LogP contribution in [0.1, 0.15) is 46.4 Å². The molecule has 1 fully saturated rings. The molecule has 6 heteroatoms. The maximum atomic E-state index is 13.1. The molecule has 0 spiro atoms. The molecule has 2 aliphatic heterocycles. The molecule has 2 bridgehead atoms. The number of para-hydroxylation sites is 1. The Kier molecular flexibility index (Phi) is 4.85. The van der Waals surface area contributed by atoms with E-state index >= 15 is 0 Å². The minimum Gasteiger partial charge on any atom is -0.467 e. The first-order valence-electron chi connectivity index (χ1n) is 10.8. The van der Waals surface area contributed by atoms with Crippen LogP contribution in [0.5, 0.6) is 5.75 Å². The molecule has 162 valence electrons. The molecule has 0 radical (unpaired) electrons. The second-order valence-electron chi connectivity index (χ2n) is 8.58. The van der Waals surface area contributed by atoms with E-state index in [-0.39, 0.29) is 18.0 Å². The number of nitrogens with zero attached hydrogens (tertiary/aromatic N) is 1. The van der Waals surface area contributed by atoms with Gasteiger partial charge in [-0.2, -0.15) is 0 Å². The van der Waals surface area contributed by atoms with Gasteiger partial charge in [-0.25, -0.2) is 4.79 Å². The Bertz CT molecular complexity index is 1190. The third kappa shape index (κ3) is 3.58. The van der Waals surface area contributed by atoms with Crippen molar-refractivity contribution in [2.45, 2.75) is 38.6 Å². The minimum absolute atomic E-state index is 0.102. The van der Waals surface area contributed by atoms with E-state index in [9.17, 15) is 9.59 Å². The summed E-state index contributed by atoms with van der Waals surface area (Å²) in [6.45, 7) is 4.38. The van der Waals surface area contributed by atoms with Crippen LogP contribution < -0.4 is 20.3 Å². The van der Waals surface area contributed by atoms with E-state index < -0.39 is 5.72 Å². The summed E-state index contributed by atoms with van der Waals surface area (Å²) in [4.78, 5) is 27.5. The van der Waals surface area contributed by atoms with Crippen LogP contribution in [0.3, 0.4) is 0 Å². The molecule has 3 aromatic rings. The third-order valence-corrected chi connectivity index (χ3v) is 6.12. The molecule has 2 aliphatic rings. The van der Waals surface area contributed by atoms with Gasteiger partial charge in [0, 0.05) is 24.1 Å². The van der Waals surface area contributed by atoms with Crippen molar-refractivity contribution in [1.29, 1.82) is 0 Å². The minimum atomic E-state index is -0.849. The topological polar surface area (TPSA) is 70.7 Å². The Labute approximate surface area is 187 Å². The van der Waals surface area contributed by atoms with E-state index in [1.54, 1.807) is 23.1 Å². The zero-order chi connectivity index (χ0) is 22.3. The van der Waals surface area contributed by atoms with Gasteiger partial charge in [0.2, 0.25) is 0 Å². The summed E-state index contributed by atoms with van der Waals surface area (Å²) < 4.78 is 6.31. The van der Waals surface area contributed by atoms with Gasteiger partial charge in [0.05, 0.1) is 11.7 Å². The summed E-state index contributed by atoms with van der Waals surface area (Å²) in [5, 5.41) is 6.04. The molecule has 5 rings (SSSR count). The zero-order valence-corrected chi connectivity index (χ0v) is 18.1. The fraction of sp³-hybridized carbons (Fsp3) is 0.231. The largest absolute Gasteiger partial charge is 0.467 e. The molecule has 3 aromatic carbocycles. The average Bonchev–Trinajstić information content (AvgIpc) is 2.78. The van der Waals surface area contributed by atoms with Crippen LogP contribution in [-0.2, 0) is 6.54 Å². The normalized spacial score (nSPS) is 21.2. The predicted octanol–water partition coefficient (Wildman–Crippen LogP) is 4.69. The van der Waals surface area contributed by atoms with Crippen molar-refractivity contribution in [2.24, 2.45) is 0 Å². The highest BCUT2D eigenvalue weighted by molar-refractivity contribution is 5.99. The summed E-state index contributed by atoms with van der Waals surface area (Å²) >= 11 is 0. The Hall–Kier alpha value is -3.80. The van der Waals surface area contributed by atoms with Gasteiger partial charge in [0.25, 0.3) is 5.91 Å². The van der Waals surface area contributed by atoms with Crippen LogP contribution in [0.4, 0.5) is 10.5 Å². The highest BCUT2D eigenvalue weighted by atomic mass is 16.5. The lowest BCUT2D eigenvalue weighted by Crippen LogP contribution is -2.65. The van der Waals surface area contributed by atoms with E-state index in [1.165, 1.54) is 5.56 Å². The first-order valence-corrected chi connectivity index (χ1v) is 10.8. The smallest absolute Gasteiger partial charge is 0.325 e. The molecule has 32 heavy (non-hydrogen) atoms. The lowest BCUT2D eigenvalue weighted by molar-refractivity contribution is 0.0378. The number of carbonyl (C=O) groups is 2. The van der Waals surface area contributed by atoms with Crippen LogP contribution >= 0.6 is 0 Å². The molecule has 0 aliphatic carbocycles. The number of rotatable bonds is 4. The molecule has 1 saturated heterocycles. The highest BCUT2D eigenvalue weighted by Crippen LogP contribution is 2.45. The van der Waals surface area contributed by atoms with E-state index in [4.69, 9.17) is 4.74 Å². The number of aryl methyl sites for hydroxylation is 1. The molecular weight excluding hydrogens is 402 g/mol. The standard InChI is InChI=1S/C26H25N3O3/c1-17-10-12-18(13-11-17)16-27-24(30)19-6-5-7-20(14-19)29-25(31)28-22-15-26(29,2)32-23-9-4-3-8-21(22)23/h3-14,22H,15-16H2,1-2H3,(H,27,30)(H,28,31)/t22-,26+/m0/s1. The van der Waals surface area contributed by atoms with E-state index in [2.05, 4.69) is 10.6 Å². The summed E-state index contributed by atoms with van der Waals surface area (Å²) in [5.74, 6) is 0.575. The second kappa shape index (κ2) is 7.71. The Morgan fingerprint density at radius 1 is 1.12 bits per heavy atom. The maximum absolute atomic E-state index is 13.1. The van der Waals surface area contributed by atoms with Gasteiger partial charge >= 0.3 is 6.03 Å². The number of fused-ring (bicyclic) bond motifs is 4. The average molecular weight is 428 g/mol. The number of hydrogen-bond donors (Lipinski definition) is 2. The van der Waals surface area contributed by atoms with Crippen molar-refractivity contribution in [2.75, 3.05) is 4.90 Å². The predicted molar refractivity (Wildman–Crippen MR) is 123 cm³/mol. The first-order chi connectivity index (χ1) is 15.4. The van der Waals surface area contributed by atoms with Gasteiger partial charge in [-0.05, 0) is 43.7 Å². The van der Waals surface area contributed by atoms with Gasteiger partial charge in [-0.1, -0.05) is 54.1 Å². The van der Waals surface area contributed by atoms with Crippen molar-refractivity contribution in [3.05, 3.63) is 95.1 Å². The fourth-order valence-corrected chi connectivity index (χ4v) is 4.49. The molecule has 6 nitrogen and oxygen atoms in total. The lowest BCUT2D eigenvalue weighted by Gasteiger charge is -2.50. The monoisotopic (exact) mass is 427 g/mol. The zero-order valence-electron chi connectivity index (χ0n) is 18.1. The number of carbonyl (C=O) groups excluding carboxylic acids is 2. The lowest BCUT2D eigenvalue weighted by atomic mass is 9.90. The van der Waals surface area contributed by atoms with Gasteiger partial charge in [0.1, 0.15) is 5.75 Å². The number of nitrogens with one attached hydrogen (secondary N) is 2. The number of urea groups is 1. The summed E-state index contributed by atoms with van der Waals surface area (Å²) in [6.07, 6.45) is 0.611. The maximum Gasteiger partial charge on any atom is 0.325 e. The molecular formula is C26H25N3O3. The quantitative estimate of drug-likeness (QED) is 0.634. The number of ether oxygens (including phenoxy) is 1. The Morgan fingerprint density at radius 2 is 1.91 bits per heavy atom. The number of amides is 3. The van der Waals surface area contributed by atoms with Gasteiger partial charge < -0.3 is 15.4 Å². The third-order valence-electron chi connectivity index (χ3n) is 6.12. The van der Waals surface area contributed by atoms with E-state index in [1.807, 2.05) is 68.4 Å². The summed E-state index contributed by atoms with van der Waals surface area (Å²) in [5.41, 5.74) is 3.45. The van der Waals surface area contributed by atoms with Crippen molar-refractivity contribution >= 4 is 17.6 Å². The number of hydrogen-bond acceptors (Lipinski definition) is 3. The Balaban J connectivity index is 1.38. The SMILES string of the molecule is Cc1ccc(CNC(=O)c2cccc(N3C(=O)N[C@H]4C[C@@]3(C)Oc3ccccc34)c2)cc1. The van der Waals surface area contributed by atoms with Crippen LogP contribution in [0.2, 0.25) is 0 Å². The van der Waals surface area contributed by atoms with Crippen LogP contribution in [0.25, 0.3) is 0 Å². The molecule has 2 atom stereocenters. The van der Waals surface area contributed by atoms with Crippen LogP contribution in [-0.4, -0.2) is 17.7 Å². The van der Waals surface area contributed by atoms with Gasteiger partial charge in [0.15, 0.2) is 5.72 Å². The van der Waals surface area contributed by atoms with Crippen molar-refractivity contribution < 1.29 is 14.3 Å².